The van der Waals surface area contributed by atoms with Gasteiger partial charge in [0, 0.05) is 12.0 Å². The van der Waals surface area contributed by atoms with Crippen molar-refractivity contribution in [1.82, 2.24) is 5.32 Å². The molecule has 1 aliphatic carbocycles. The lowest BCUT2D eigenvalue weighted by Crippen LogP contribution is -2.40. The van der Waals surface area contributed by atoms with Crippen molar-refractivity contribution in [3.8, 4) is 5.75 Å². The van der Waals surface area contributed by atoms with Crippen LogP contribution in [0.4, 0.5) is 0 Å². The highest BCUT2D eigenvalue weighted by molar-refractivity contribution is 5.85. The molecule has 3 unspecified atom stereocenters. The van der Waals surface area contributed by atoms with Crippen LogP contribution < -0.4 is 15.8 Å². The number of carbonyl (C=O) groups is 1. The summed E-state index contributed by atoms with van der Waals surface area (Å²) in [5.74, 6) is 1.24. The lowest BCUT2D eigenvalue weighted by Gasteiger charge is -2.23. The van der Waals surface area contributed by atoms with Crippen molar-refractivity contribution < 1.29 is 9.53 Å². The molecule has 0 bridgehead atoms. The molecule has 1 aromatic carbocycles. The summed E-state index contributed by atoms with van der Waals surface area (Å²) < 4.78 is 5.17. The normalized spacial score (nSPS) is 18.1. The Morgan fingerprint density at radius 1 is 1.29 bits per heavy atom. The Bertz CT molecular complexity index is 458. The number of carbonyl (C=O) groups excluding carboxylic acids is 1. The van der Waals surface area contributed by atoms with E-state index in [2.05, 4.69) is 5.32 Å². The maximum absolute atomic E-state index is 12.2. The number of methoxy groups -OCH3 is 1. The Morgan fingerprint density at radius 3 is 2.29 bits per heavy atom. The van der Waals surface area contributed by atoms with Crippen molar-refractivity contribution in [2.45, 2.75) is 38.8 Å². The van der Waals surface area contributed by atoms with Crippen LogP contribution in [0.25, 0.3) is 0 Å². The van der Waals surface area contributed by atoms with E-state index < -0.39 is 0 Å². The molecule has 0 aromatic heterocycles. The van der Waals surface area contributed by atoms with Gasteiger partial charge in [0.25, 0.3) is 0 Å². The van der Waals surface area contributed by atoms with E-state index in [-0.39, 0.29) is 36.3 Å². The third kappa shape index (κ3) is 4.61. The van der Waals surface area contributed by atoms with Gasteiger partial charge >= 0.3 is 0 Å². The summed E-state index contributed by atoms with van der Waals surface area (Å²) in [7, 11) is 1.65. The van der Waals surface area contributed by atoms with Crippen LogP contribution in [0.1, 0.15) is 38.3 Å². The van der Waals surface area contributed by atoms with Crippen LogP contribution in [0.5, 0.6) is 5.75 Å². The van der Waals surface area contributed by atoms with Crippen LogP contribution >= 0.6 is 12.4 Å². The molecule has 0 heterocycles. The monoisotopic (exact) mass is 312 g/mol. The van der Waals surface area contributed by atoms with Gasteiger partial charge in [0.2, 0.25) is 5.91 Å². The number of hydrogen-bond donors (Lipinski definition) is 2. The predicted octanol–water partition coefficient (Wildman–Crippen LogP) is 2.67. The fourth-order valence-corrected chi connectivity index (χ4v) is 2.24. The molecular weight excluding hydrogens is 288 g/mol. The largest absolute Gasteiger partial charge is 0.497 e. The number of hydrogen-bond acceptors (Lipinski definition) is 3. The molecule has 0 radical (unpaired) electrons. The minimum atomic E-state index is -0.172. The standard InChI is InChI=1S/C16H24N2O2.ClH/c1-10(11(2)17)16(19)18-15(12-4-5-12)13-6-8-14(20-3)9-7-13;/h6-12,15H,4-5,17H2,1-3H3,(H,18,19);1H. The topological polar surface area (TPSA) is 64.3 Å². The lowest BCUT2D eigenvalue weighted by molar-refractivity contribution is -0.125. The van der Waals surface area contributed by atoms with Crippen molar-refractivity contribution in [2.24, 2.45) is 17.6 Å². The van der Waals surface area contributed by atoms with Crippen LogP contribution in [0, 0.1) is 11.8 Å². The van der Waals surface area contributed by atoms with E-state index in [9.17, 15) is 4.79 Å². The maximum atomic E-state index is 12.2. The van der Waals surface area contributed by atoms with E-state index >= 15 is 0 Å². The van der Waals surface area contributed by atoms with E-state index in [1.165, 1.54) is 12.8 Å². The van der Waals surface area contributed by atoms with Gasteiger partial charge in [0.1, 0.15) is 5.75 Å². The van der Waals surface area contributed by atoms with E-state index in [0.717, 1.165) is 11.3 Å². The Hall–Kier alpha value is -1.26. The molecule has 0 saturated heterocycles. The second-order valence-electron chi connectivity index (χ2n) is 5.74. The lowest BCUT2D eigenvalue weighted by atomic mass is 9.99. The minimum absolute atomic E-state index is 0. The van der Waals surface area contributed by atoms with Crippen LogP contribution in [0.15, 0.2) is 24.3 Å². The highest BCUT2D eigenvalue weighted by Gasteiger charge is 2.34. The van der Waals surface area contributed by atoms with Crippen molar-refractivity contribution in [1.29, 1.82) is 0 Å². The molecule has 118 valence electrons. The average molecular weight is 313 g/mol. The zero-order valence-electron chi connectivity index (χ0n) is 12.8. The number of nitrogens with one attached hydrogen (secondary N) is 1. The number of ether oxygens (including phenoxy) is 1. The first kappa shape index (κ1) is 17.8. The fraction of sp³-hybridized carbons (Fsp3) is 0.562. The molecule has 1 saturated carbocycles. The molecule has 2 rings (SSSR count). The number of halogens is 1. The number of benzene rings is 1. The zero-order valence-corrected chi connectivity index (χ0v) is 13.7. The first-order valence-corrected chi connectivity index (χ1v) is 7.23. The molecule has 1 fully saturated rings. The molecular formula is C16H25ClN2O2. The van der Waals surface area contributed by atoms with Crippen LogP contribution in [-0.4, -0.2) is 19.1 Å². The highest BCUT2D eigenvalue weighted by atomic mass is 35.5. The second kappa shape index (κ2) is 7.66. The van der Waals surface area contributed by atoms with Gasteiger partial charge in [-0.3, -0.25) is 4.79 Å². The van der Waals surface area contributed by atoms with Crippen LogP contribution in [0.3, 0.4) is 0 Å². The second-order valence-corrected chi connectivity index (χ2v) is 5.74. The minimum Gasteiger partial charge on any atom is -0.497 e. The third-order valence-electron chi connectivity index (χ3n) is 4.07. The van der Waals surface area contributed by atoms with Gasteiger partial charge in [-0.2, -0.15) is 0 Å². The molecule has 3 atom stereocenters. The van der Waals surface area contributed by atoms with Crippen molar-refractivity contribution in [2.75, 3.05) is 7.11 Å². The number of amides is 1. The number of nitrogens with two attached hydrogens (primary N) is 1. The molecule has 3 N–H and O–H groups in total. The van der Waals surface area contributed by atoms with Gasteiger partial charge in [-0.15, -0.1) is 12.4 Å². The molecule has 0 spiro atoms. The Morgan fingerprint density at radius 2 is 1.86 bits per heavy atom. The predicted molar refractivity (Wildman–Crippen MR) is 86.7 cm³/mol. The quantitative estimate of drug-likeness (QED) is 0.849. The van der Waals surface area contributed by atoms with Crippen LogP contribution in [0.2, 0.25) is 0 Å². The van der Waals surface area contributed by atoms with Gasteiger partial charge < -0.3 is 15.8 Å². The van der Waals surface area contributed by atoms with Crippen molar-refractivity contribution in [3.05, 3.63) is 29.8 Å². The first-order chi connectivity index (χ1) is 9.52. The summed E-state index contributed by atoms with van der Waals surface area (Å²) in [6.45, 7) is 3.74. The summed E-state index contributed by atoms with van der Waals surface area (Å²) in [4.78, 5) is 12.2. The molecule has 21 heavy (non-hydrogen) atoms. The van der Waals surface area contributed by atoms with E-state index in [1.807, 2.05) is 38.1 Å². The zero-order chi connectivity index (χ0) is 14.7. The average Bonchev–Trinajstić information content (AvgIpc) is 3.28. The van der Waals surface area contributed by atoms with E-state index in [0.29, 0.717) is 5.92 Å². The number of rotatable bonds is 6. The van der Waals surface area contributed by atoms with Gasteiger partial charge in [-0.25, -0.2) is 0 Å². The van der Waals surface area contributed by atoms with Gasteiger partial charge in [0.05, 0.1) is 13.2 Å². The van der Waals surface area contributed by atoms with Gasteiger partial charge in [-0.1, -0.05) is 19.1 Å². The molecule has 5 heteroatoms. The van der Waals surface area contributed by atoms with E-state index in [1.54, 1.807) is 7.11 Å². The van der Waals surface area contributed by atoms with Gasteiger partial charge in [0.15, 0.2) is 0 Å². The van der Waals surface area contributed by atoms with Gasteiger partial charge in [-0.05, 0) is 43.4 Å². The van der Waals surface area contributed by atoms with E-state index in [4.69, 9.17) is 10.5 Å². The summed E-state index contributed by atoms with van der Waals surface area (Å²) >= 11 is 0. The molecule has 1 aliphatic rings. The molecule has 4 nitrogen and oxygen atoms in total. The van der Waals surface area contributed by atoms with Crippen molar-refractivity contribution >= 4 is 18.3 Å². The first-order valence-electron chi connectivity index (χ1n) is 7.23. The van der Waals surface area contributed by atoms with Crippen LogP contribution in [-0.2, 0) is 4.79 Å². The molecule has 1 aromatic rings. The maximum Gasteiger partial charge on any atom is 0.224 e. The molecule has 1 amide bonds. The Kier molecular flexibility index (Phi) is 6.49. The smallest absolute Gasteiger partial charge is 0.224 e. The summed E-state index contributed by atoms with van der Waals surface area (Å²) in [6, 6.07) is 7.88. The third-order valence-corrected chi connectivity index (χ3v) is 4.07. The Labute approximate surface area is 132 Å². The highest BCUT2D eigenvalue weighted by Crippen LogP contribution is 2.41. The fourth-order valence-electron chi connectivity index (χ4n) is 2.24. The Balaban J connectivity index is 0.00000220. The summed E-state index contributed by atoms with van der Waals surface area (Å²) in [6.07, 6.45) is 2.34. The molecule has 0 aliphatic heterocycles. The SMILES string of the molecule is COc1ccc(C(NC(=O)C(C)C(C)N)C2CC2)cc1.Cl. The van der Waals surface area contributed by atoms with Crippen molar-refractivity contribution in [3.63, 3.8) is 0 Å². The summed E-state index contributed by atoms with van der Waals surface area (Å²) in [5, 5.41) is 3.15. The summed E-state index contributed by atoms with van der Waals surface area (Å²) in [5.41, 5.74) is 6.94.